The summed E-state index contributed by atoms with van der Waals surface area (Å²) in [6, 6.07) is 18.1. The Morgan fingerprint density at radius 3 is 2.80 bits per heavy atom. The van der Waals surface area contributed by atoms with Gasteiger partial charge < -0.3 is 32.1 Å². The van der Waals surface area contributed by atoms with Crippen molar-refractivity contribution in [3.63, 3.8) is 0 Å². The van der Waals surface area contributed by atoms with Crippen molar-refractivity contribution in [3.05, 3.63) is 77.6 Å². The first kappa shape index (κ1) is 17.4. The van der Waals surface area contributed by atoms with E-state index in [1.54, 1.807) is 6.07 Å². The Balaban J connectivity index is 0.00000182. The number of aromatic nitrogens is 1. The highest BCUT2D eigenvalue weighted by atomic mass is 35.5. The lowest BCUT2D eigenvalue weighted by atomic mass is 10.0. The van der Waals surface area contributed by atoms with Crippen LogP contribution in [0.15, 0.2) is 60.8 Å². The molecule has 0 radical (unpaired) electrons. The Morgan fingerprint density at radius 2 is 1.96 bits per heavy atom. The third kappa shape index (κ3) is 2.99. The fourth-order valence-corrected chi connectivity index (χ4v) is 3.37. The lowest BCUT2D eigenvalue weighted by Crippen LogP contribution is -3.00. The number of nitrogens with one attached hydrogen (secondary N) is 1. The normalized spacial score (nSPS) is 15.5. The van der Waals surface area contributed by atoms with Crippen LogP contribution >= 0.6 is 0 Å². The maximum Gasteiger partial charge on any atom is 0.162 e. The maximum atomic E-state index is 10.7. The molecule has 1 aliphatic heterocycles. The second-order valence-corrected chi connectivity index (χ2v) is 5.87. The summed E-state index contributed by atoms with van der Waals surface area (Å²) in [4.78, 5) is 0. The minimum atomic E-state index is -0.104. The number of halogens is 1. The van der Waals surface area contributed by atoms with Gasteiger partial charge in [0.1, 0.15) is 0 Å². The van der Waals surface area contributed by atoms with E-state index >= 15 is 0 Å². The summed E-state index contributed by atoms with van der Waals surface area (Å²) in [7, 11) is 0. The molecule has 0 amide bonds. The summed E-state index contributed by atoms with van der Waals surface area (Å²) in [6.07, 6.45) is 2.07. The molecule has 0 saturated carbocycles. The van der Waals surface area contributed by atoms with E-state index in [0.717, 1.165) is 17.8 Å². The number of hydrogen-bond donors (Lipinski definition) is 2. The average Bonchev–Trinajstić information content (AvgIpc) is 3.02. The van der Waals surface area contributed by atoms with Gasteiger partial charge in [0.15, 0.2) is 11.5 Å². The Hall–Kier alpha value is -2.43. The standard InChI is InChI=1S/C20H20N2O2.ClH/c1-2-24-18-11-5-8-15(20(18)23)19-17-10-6-12-22(17)16-9-4-3-7-14(16)13-21-19;/h3-12,19,21,23H,2,13H2,1H3;1H/p-1. The van der Waals surface area contributed by atoms with Crippen molar-refractivity contribution in [2.75, 3.05) is 6.61 Å². The highest BCUT2D eigenvalue weighted by Gasteiger charge is 2.25. The molecule has 0 aliphatic carbocycles. The molecule has 1 atom stereocenters. The van der Waals surface area contributed by atoms with E-state index in [9.17, 15) is 5.11 Å². The van der Waals surface area contributed by atoms with Gasteiger partial charge in [-0.2, -0.15) is 0 Å². The topological polar surface area (TPSA) is 46.4 Å². The molecular formula is C20H20ClN2O2-. The number of benzene rings is 2. The van der Waals surface area contributed by atoms with Crippen molar-refractivity contribution in [2.45, 2.75) is 19.5 Å². The zero-order valence-electron chi connectivity index (χ0n) is 13.9. The van der Waals surface area contributed by atoms with Gasteiger partial charge in [0.05, 0.1) is 12.6 Å². The van der Waals surface area contributed by atoms with E-state index in [-0.39, 0.29) is 24.2 Å². The molecule has 0 bridgehead atoms. The number of para-hydroxylation sites is 2. The monoisotopic (exact) mass is 355 g/mol. The molecule has 3 aromatic rings. The Kier molecular flexibility index (Phi) is 5.02. The third-order valence-corrected chi connectivity index (χ3v) is 4.46. The zero-order valence-corrected chi connectivity index (χ0v) is 14.7. The molecule has 0 spiro atoms. The first-order valence-electron chi connectivity index (χ1n) is 8.23. The number of aromatic hydroxyl groups is 1. The molecule has 0 saturated heterocycles. The third-order valence-electron chi connectivity index (χ3n) is 4.46. The number of nitrogens with zero attached hydrogens (tertiary/aromatic N) is 1. The van der Waals surface area contributed by atoms with Crippen LogP contribution in [0.3, 0.4) is 0 Å². The second-order valence-electron chi connectivity index (χ2n) is 5.87. The number of phenols is 1. The number of fused-ring (bicyclic) bond motifs is 3. The van der Waals surface area contributed by atoms with Gasteiger partial charge in [-0.3, -0.25) is 0 Å². The van der Waals surface area contributed by atoms with Crippen LogP contribution in [0.5, 0.6) is 11.5 Å². The van der Waals surface area contributed by atoms with Crippen LogP contribution < -0.4 is 22.5 Å². The number of hydrogen-bond acceptors (Lipinski definition) is 3. The van der Waals surface area contributed by atoms with Crippen LogP contribution in [0.4, 0.5) is 0 Å². The number of phenolic OH excluding ortho intramolecular Hbond substituents is 1. The zero-order chi connectivity index (χ0) is 16.5. The SMILES string of the molecule is CCOc1cccc(C2NCc3ccccc3-n3cccc32)c1O.[Cl-]. The predicted octanol–water partition coefficient (Wildman–Crippen LogP) is 0.778. The fourth-order valence-electron chi connectivity index (χ4n) is 3.37. The van der Waals surface area contributed by atoms with Crippen molar-refractivity contribution in [1.82, 2.24) is 9.88 Å². The first-order valence-corrected chi connectivity index (χ1v) is 8.23. The van der Waals surface area contributed by atoms with Gasteiger partial charge in [-0.25, -0.2) is 0 Å². The van der Waals surface area contributed by atoms with Crippen molar-refractivity contribution in [3.8, 4) is 17.2 Å². The molecule has 4 nitrogen and oxygen atoms in total. The summed E-state index contributed by atoms with van der Waals surface area (Å²) in [5, 5.41) is 14.2. The van der Waals surface area contributed by atoms with Crippen LogP contribution in [-0.2, 0) is 6.54 Å². The molecule has 5 heteroatoms. The lowest BCUT2D eigenvalue weighted by Gasteiger charge is -2.20. The van der Waals surface area contributed by atoms with Crippen LogP contribution in [-0.4, -0.2) is 16.3 Å². The second kappa shape index (κ2) is 7.21. The van der Waals surface area contributed by atoms with Crippen LogP contribution in [0.2, 0.25) is 0 Å². The van der Waals surface area contributed by atoms with E-state index in [1.165, 1.54) is 11.3 Å². The summed E-state index contributed by atoms with van der Waals surface area (Å²) < 4.78 is 7.73. The van der Waals surface area contributed by atoms with Crippen LogP contribution in [0, 0.1) is 0 Å². The van der Waals surface area contributed by atoms with E-state index in [4.69, 9.17) is 4.74 Å². The molecule has 2 N–H and O–H groups in total. The molecule has 0 fully saturated rings. The van der Waals surface area contributed by atoms with Gasteiger partial charge in [-0.05, 0) is 36.8 Å². The maximum absolute atomic E-state index is 10.7. The minimum Gasteiger partial charge on any atom is -1.00 e. The molecular weight excluding hydrogens is 336 g/mol. The Bertz CT molecular complexity index is 876. The van der Waals surface area contributed by atoms with Crippen LogP contribution in [0.25, 0.3) is 5.69 Å². The van der Waals surface area contributed by atoms with Gasteiger partial charge in [0.25, 0.3) is 0 Å². The highest BCUT2D eigenvalue weighted by Crippen LogP contribution is 2.38. The molecule has 4 rings (SSSR count). The Labute approximate surface area is 153 Å². The van der Waals surface area contributed by atoms with Crippen LogP contribution in [0.1, 0.15) is 29.8 Å². The van der Waals surface area contributed by atoms with Gasteiger partial charge in [-0.15, -0.1) is 0 Å². The molecule has 130 valence electrons. The molecule has 1 aliphatic rings. The number of ether oxygens (including phenoxy) is 1. The summed E-state index contributed by atoms with van der Waals surface area (Å²) in [5.41, 5.74) is 4.34. The van der Waals surface area contributed by atoms with Crippen molar-refractivity contribution >= 4 is 0 Å². The van der Waals surface area contributed by atoms with Gasteiger partial charge in [-0.1, -0.05) is 30.3 Å². The van der Waals surface area contributed by atoms with E-state index < -0.39 is 0 Å². The largest absolute Gasteiger partial charge is 1.00 e. The lowest BCUT2D eigenvalue weighted by molar-refractivity contribution is -0.00000613. The fraction of sp³-hybridized carbons (Fsp3) is 0.200. The highest BCUT2D eigenvalue weighted by molar-refractivity contribution is 5.52. The molecule has 25 heavy (non-hydrogen) atoms. The number of rotatable bonds is 3. The molecule has 2 heterocycles. The summed E-state index contributed by atoms with van der Waals surface area (Å²) >= 11 is 0. The minimum absolute atomic E-state index is 0. The first-order chi connectivity index (χ1) is 11.8. The average molecular weight is 356 g/mol. The van der Waals surface area contributed by atoms with Gasteiger partial charge in [0.2, 0.25) is 0 Å². The van der Waals surface area contributed by atoms with E-state index in [1.807, 2.05) is 25.1 Å². The van der Waals surface area contributed by atoms with Gasteiger partial charge >= 0.3 is 0 Å². The molecule has 1 unspecified atom stereocenters. The van der Waals surface area contributed by atoms with E-state index in [0.29, 0.717) is 12.4 Å². The smallest absolute Gasteiger partial charge is 0.162 e. The van der Waals surface area contributed by atoms with Crippen molar-refractivity contribution < 1.29 is 22.3 Å². The summed E-state index contributed by atoms with van der Waals surface area (Å²) in [5.74, 6) is 0.729. The van der Waals surface area contributed by atoms with Crippen molar-refractivity contribution in [1.29, 1.82) is 0 Å². The van der Waals surface area contributed by atoms with Crippen molar-refractivity contribution in [2.24, 2.45) is 0 Å². The molecule has 1 aromatic heterocycles. The quantitative estimate of drug-likeness (QED) is 0.730. The molecule has 2 aromatic carbocycles. The predicted molar refractivity (Wildman–Crippen MR) is 93.7 cm³/mol. The van der Waals surface area contributed by atoms with Gasteiger partial charge in [0, 0.05) is 29.7 Å². The van der Waals surface area contributed by atoms with E-state index in [2.05, 4.69) is 46.4 Å². The Morgan fingerprint density at radius 1 is 1.12 bits per heavy atom. The summed E-state index contributed by atoms with van der Waals surface area (Å²) in [6.45, 7) is 3.18.